The van der Waals surface area contributed by atoms with Crippen molar-refractivity contribution in [3.63, 3.8) is 0 Å². The van der Waals surface area contributed by atoms with Gasteiger partial charge in [-0.15, -0.1) is 0 Å². The van der Waals surface area contributed by atoms with E-state index in [1.165, 1.54) is 15.6 Å². The highest BCUT2D eigenvalue weighted by Crippen LogP contribution is 2.33. The molecular weight excluding hydrogens is 350 g/mol. The first-order valence-electron chi connectivity index (χ1n) is 9.48. The first-order chi connectivity index (χ1) is 12.4. The molecule has 1 saturated heterocycles. The van der Waals surface area contributed by atoms with Crippen LogP contribution in [0.1, 0.15) is 37.7 Å². The molecule has 1 fully saturated rings. The van der Waals surface area contributed by atoms with Crippen LogP contribution in [0.4, 0.5) is 5.69 Å². The molecule has 0 radical (unpaired) electrons. The number of para-hydroxylation sites is 1. The van der Waals surface area contributed by atoms with Crippen LogP contribution in [0.3, 0.4) is 0 Å². The van der Waals surface area contributed by atoms with Crippen molar-refractivity contribution in [1.29, 1.82) is 0 Å². The van der Waals surface area contributed by atoms with Gasteiger partial charge in [0.05, 0.1) is 5.75 Å². The van der Waals surface area contributed by atoms with Crippen molar-refractivity contribution in [2.24, 2.45) is 5.92 Å². The Morgan fingerprint density at radius 2 is 1.85 bits per heavy atom. The van der Waals surface area contributed by atoms with Gasteiger partial charge in [0.25, 0.3) is 0 Å². The maximum atomic E-state index is 12.6. The van der Waals surface area contributed by atoms with Crippen LogP contribution in [-0.2, 0) is 14.8 Å². The Balaban J connectivity index is 1.54. The zero-order chi connectivity index (χ0) is 18.7. The first kappa shape index (κ1) is 19.2. The average molecular weight is 380 g/mol. The second-order valence-electron chi connectivity index (χ2n) is 7.29. The molecule has 1 atom stereocenters. The Bertz CT molecular complexity index is 742. The third kappa shape index (κ3) is 4.04. The summed E-state index contributed by atoms with van der Waals surface area (Å²) in [6.45, 7) is 4.20. The maximum Gasteiger partial charge on any atom is 0.223 e. The fourth-order valence-electron chi connectivity index (χ4n) is 3.96. The second-order valence-corrected chi connectivity index (χ2v) is 9.54. The Hall–Kier alpha value is -1.60. The van der Waals surface area contributed by atoms with Gasteiger partial charge in [-0.3, -0.25) is 4.79 Å². The van der Waals surface area contributed by atoms with E-state index in [1.54, 1.807) is 6.92 Å². The molecule has 1 N–H and O–H groups in total. The molecule has 7 heteroatoms. The van der Waals surface area contributed by atoms with E-state index in [1.807, 2.05) is 0 Å². The smallest absolute Gasteiger partial charge is 0.223 e. The van der Waals surface area contributed by atoms with Gasteiger partial charge in [0, 0.05) is 50.7 Å². The van der Waals surface area contributed by atoms with Crippen molar-refractivity contribution >= 4 is 21.6 Å². The van der Waals surface area contributed by atoms with Gasteiger partial charge in [-0.2, -0.15) is 0 Å². The average Bonchev–Trinajstić information content (AvgIpc) is 2.67. The van der Waals surface area contributed by atoms with Gasteiger partial charge in [-0.1, -0.05) is 18.2 Å². The third-order valence-corrected chi connectivity index (χ3v) is 7.59. The highest BCUT2D eigenvalue weighted by Gasteiger charge is 2.31. The first-order valence-corrected chi connectivity index (χ1v) is 11.1. The lowest BCUT2D eigenvalue weighted by Gasteiger charge is -2.34. The molecule has 0 aliphatic carbocycles. The van der Waals surface area contributed by atoms with Crippen molar-refractivity contribution in [3.8, 4) is 0 Å². The number of anilines is 1. The number of sulfonamides is 1. The number of nitrogens with zero attached hydrogens (tertiary/aromatic N) is 2. The van der Waals surface area contributed by atoms with Crippen LogP contribution in [0.5, 0.6) is 0 Å². The number of rotatable bonds is 5. The molecule has 3 rings (SSSR count). The van der Waals surface area contributed by atoms with Crippen LogP contribution in [0.2, 0.25) is 0 Å². The lowest BCUT2D eigenvalue weighted by molar-refractivity contribution is -0.126. The summed E-state index contributed by atoms with van der Waals surface area (Å²) in [5.74, 6) is 0.445. The van der Waals surface area contributed by atoms with E-state index in [2.05, 4.69) is 41.5 Å². The number of carbonyl (C=O) groups is 1. The van der Waals surface area contributed by atoms with Crippen LogP contribution in [0.15, 0.2) is 24.3 Å². The van der Waals surface area contributed by atoms with E-state index >= 15 is 0 Å². The van der Waals surface area contributed by atoms with E-state index in [-0.39, 0.29) is 17.6 Å². The van der Waals surface area contributed by atoms with Crippen LogP contribution >= 0.6 is 0 Å². The predicted octanol–water partition coefficient (Wildman–Crippen LogP) is 1.79. The summed E-state index contributed by atoms with van der Waals surface area (Å²) in [5, 5.41) is 3.12. The Kier molecular flexibility index (Phi) is 5.87. The van der Waals surface area contributed by atoms with Gasteiger partial charge in [0.2, 0.25) is 15.9 Å². The number of fused-ring (bicyclic) bond motifs is 1. The minimum absolute atomic E-state index is 0.0648. The van der Waals surface area contributed by atoms with Crippen molar-refractivity contribution in [2.75, 3.05) is 43.9 Å². The molecule has 2 aliphatic rings. The molecule has 6 nitrogen and oxygen atoms in total. The summed E-state index contributed by atoms with van der Waals surface area (Å²) >= 11 is 0. The zero-order valence-corrected chi connectivity index (χ0v) is 16.5. The summed E-state index contributed by atoms with van der Waals surface area (Å²) in [4.78, 5) is 14.8. The quantitative estimate of drug-likeness (QED) is 0.847. The topological polar surface area (TPSA) is 69.7 Å². The Morgan fingerprint density at radius 3 is 2.54 bits per heavy atom. The Morgan fingerprint density at radius 1 is 1.15 bits per heavy atom. The van der Waals surface area contributed by atoms with E-state index in [0.717, 1.165) is 13.0 Å². The normalized spacial score (nSPS) is 22.1. The highest BCUT2D eigenvalue weighted by atomic mass is 32.2. The lowest BCUT2D eigenvalue weighted by atomic mass is 9.89. The molecule has 0 saturated carbocycles. The largest absolute Gasteiger partial charge is 0.374 e. The molecule has 2 heterocycles. The van der Waals surface area contributed by atoms with Gasteiger partial charge in [-0.25, -0.2) is 12.7 Å². The van der Waals surface area contributed by atoms with Crippen molar-refractivity contribution in [1.82, 2.24) is 9.62 Å². The fraction of sp³-hybridized carbons (Fsp3) is 0.632. The summed E-state index contributed by atoms with van der Waals surface area (Å²) in [5.41, 5.74) is 2.54. The number of nitrogens with one attached hydrogen (secondary N) is 1. The molecular formula is C19H29N3O3S. The number of hydrogen-bond acceptors (Lipinski definition) is 4. The minimum Gasteiger partial charge on any atom is -0.374 e. The summed E-state index contributed by atoms with van der Waals surface area (Å²) in [6.07, 6.45) is 2.24. The number of piperidine rings is 1. The highest BCUT2D eigenvalue weighted by molar-refractivity contribution is 7.89. The van der Waals surface area contributed by atoms with Crippen LogP contribution < -0.4 is 10.2 Å². The number of benzene rings is 1. The van der Waals surface area contributed by atoms with Crippen molar-refractivity contribution in [3.05, 3.63) is 29.8 Å². The van der Waals surface area contributed by atoms with Crippen LogP contribution in [0.25, 0.3) is 0 Å². The van der Waals surface area contributed by atoms with Gasteiger partial charge >= 0.3 is 0 Å². The van der Waals surface area contributed by atoms with E-state index in [0.29, 0.717) is 38.4 Å². The number of carbonyl (C=O) groups excluding carboxylic acids is 1. The molecule has 1 aromatic carbocycles. The molecule has 144 valence electrons. The summed E-state index contributed by atoms with van der Waals surface area (Å²) in [6, 6.07) is 8.38. The van der Waals surface area contributed by atoms with Gasteiger partial charge < -0.3 is 10.2 Å². The van der Waals surface area contributed by atoms with Crippen LogP contribution in [-0.4, -0.2) is 57.6 Å². The molecule has 26 heavy (non-hydrogen) atoms. The SMILES string of the molecule is CCS(=O)(=O)N1CCC(C(=O)NC[C@@H]2CCN(C)c3ccccc32)CC1. The number of amides is 1. The molecule has 0 spiro atoms. The summed E-state index contributed by atoms with van der Waals surface area (Å²) < 4.78 is 25.4. The fourth-order valence-corrected chi connectivity index (χ4v) is 5.10. The molecule has 0 aromatic heterocycles. The molecule has 2 aliphatic heterocycles. The second kappa shape index (κ2) is 7.96. The maximum absolute atomic E-state index is 12.6. The molecule has 0 bridgehead atoms. The molecule has 0 unspecified atom stereocenters. The number of hydrogen-bond donors (Lipinski definition) is 1. The van der Waals surface area contributed by atoms with Gasteiger partial charge in [0.1, 0.15) is 0 Å². The molecule has 1 amide bonds. The predicted molar refractivity (Wildman–Crippen MR) is 104 cm³/mol. The van der Waals surface area contributed by atoms with Gasteiger partial charge in [0.15, 0.2) is 0 Å². The summed E-state index contributed by atoms with van der Waals surface area (Å²) in [7, 11) is -1.04. The monoisotopic (exact) mass is 379 g/mol. The van der Waals surface area contributed by atoms with Gasteiger partial charge in [-0.05, 0) is 37.8 Å². The van der Waals surface area contributed by atoms with E-state index in [4.69, 9.17) is 0 Å². The minimum atomic E-state index is -3.14. The van der Waals surface area contributed by atoms with Crippen molar-refractivity contribution < 1.29 is 13.2 Å². The lowest BCUT2D eigenvalue weighted by Crippen LogP contribution is -2.44. The van der Waals surface area contributed by atoms with Crippen molar-refractivity contribution in [2.45, 2.75) is 32.1 Å². The van der Waals surface area contributed by atoms with E-state index < -0.39 is 10.0 Å². The molecule has 1 aromatic rings. The standard InChI is InChI=1S/C19H29N3O3S/c1-3-26(24,25)22-12-9-15(10-13-22)19(23)20-14-16-8-11-21(2)18-7-5-4-6-17(16)18/h4-7,15-16H,3,8-14H2,1-2H3,(H,20,23)/t16-/m0/s1. The van der Waals surface area contributed by atoms with E-state index in [9.17, 15) is 13.2 Å². The third-order valence-electron chi connectivity index (χ3n) is 5.71. The Labute approximate surface area is 156 Å². The zero-order valence-electron chi connectivity index (χ0n) is 15.6. The van der Waals surface area contributed by atoms with Crippen LogP contribution in [0, 0.1) is 5.92 Å².